The van der Waals surface area contributed by atoms with Crippen molar-refractivity contribution in [2.45, 2.75) is 19.3 Å². The van der Waals surface area contributed by atoms with Gasteiger partial charge in [-0.25, -0.2) is 19.2 Å². The van der Waals surface area contributed by atoms with Crippen LogP contribution in [-0.2, 0) is 16.0 Å². The van der Waals surface area contributed by atoms with Crippen LogP contribution in [0.3, 0.4) is 0 Å². The predicted molar refractivity (Wildman–Crippen MR) is 153 cm³/mol. The van der Waals surface area contributed by atoms with Crippen LogP contribution in [-0.4, -0.2) is 80.3 Å². The molecule has 0 bridgehead atoms. The number of methoxy groups -OCH3 is 1. The molecule has 15 heteroatoms. The molecule has 0 aliphatic carbocycles. The fourth-order valence-electron chi connectivity index (χ4n) is 3.78. The van der Waals surface area contributed by atoms with Gasteiger partial charge < -0.3 is 25.2 Å². The number of aliphatic carboxylic acids is 1. The average molecular weight is 595 g/mol. The SMILES string of the molecule is CC(=O)O.COc1cc(OCC(=O)N(C)C)c(F)c(C(Cc2ccc(C(=N)N)cc2)c2nn(-c3ncccn3)c(=O)[nH]2)c1. The minimum absolute atomic E-state index is 0.0481. The Hall–Kier alpha value is -5.60. The number of nitrogens with two attached hydrogens (primary N) is 1. The lowest BCUT2D eigenvalue weighted by molar-refractivity contribution is -0.134. The molecular weight excluding hydrogens is 563 g/mol. The molecule has 0 aliphatic heterocycles. The smallest absolute Gasteiger partial charge is 0.350 e. The predicted octanol–water partition coefficient (Wildman–Crippen LogP) is 1.71. The molecular formula is C28H31FN8O6. The average Bonchev–Trinajstić information content (AvgIpc) is 3.36. The van der Waals surface area contributed by atoms with Gasteiger partial charge in [0.1, 0.15) is 17.4 Å². The van der Waals surface area contributed by atoms with E-state index >= 15 is 4.39 Å². The minimum Gasteiger partial charge on any atom is -0.497 e. The van der Waals surface area contributed by atoms with E-state index in [1.54, 1.807) is 44.4 Å². The molecule has 226 valence electrons. The van der Waals surface area contributed by atoms with Gasteiger partial charge in [-0.1, -0.05) is 24.3 Å². The highest BCUT2D eigenvalue weighted by Crippen LogP contribution is 2.36. The molecule has 0 saturated heterocycles. The van der Waals surface area contributed by atoms with Gasteiger partial charge in [-0.05, 0) is 24.1 Å². The Labute approximate surface area is 245 Å². The van der Waals surface area contributed by atoms with Gasteiger partial charge in [0.05, 0.1) is 13.0 Å². The second kappa shape index (κ2) is 14.3. The summed E-state index contributed by atoms with van der Waals surface area (Å²) in [6.45, 7) is 0.699. The number of carboxylic acid groups (broad SMARTS) is 1. The zero-order valence-electron chi connectivity index (χ0n) is 23.9. The number of carboxylic acids is 1. The maximum absolute atomic E-state index is 16.0. The number of hydrogen-bond donors (Lipinski definition) is 4. The van der Waals surface area contributed by atoms with Crippen LogP contribution in [0.2, 0.25) is 0 Å². The lowest BCUT2D eigenvalue weighted by Gasteiger charge is -2.19. The summed E-state index contributed by atoms with van der Waals surface area (Å²) in [6, 6.07) is 11.3. The molecule has 0 saturated carbocycles. The van der Waals surface area contributed by atoms with Crippen LogP contribution < -0.4 is 20.9 Å². The van der Waals surface area contributed by atoms with Crippen molar-refractivity contribution >= 4 is 17.7 Å². The molecule has 43 heavy (non-hydrogen) atoms. The number of H-pyrrole nitrogens is 1. The monoisotopic (exact) mass is 594 g/mol. The molecule has 0 fully saturated rings. The second-order valence-electron chi connectivity index (χ2n) is 9.27. The first-order valence-corrected chi connectivity index (χ1v) is 12.7. The maximum Gasteiger partial charge on any atom is 0.350 e. The number of aromatic amines is 1. The van der Waals surface area contributed by atoms with Crippen molar-refractivity contribution in [3.8, 4) is 17.4 Å². The minimum atomic E-state index is -0.833. The Morgan fingerprint density at radius 3 is 2.37 bits per heavy atom. The number of benzene rings is 2. The van der Waals surface area contributed by atoms with E-state index in [0.717, 1.165) is 17.2 Å². The van der Waals surface area contributed by atoms with Gasteiger partial charge in [-0.3, -0.25) is 20.0 Å². The Bertz CT molecular complexity index is 1630. The highest BCUT2D eigenvalue weighted by Gasteiger charge is 2.27. The molecule has 2 aromatic carbocycles. The molecule has 0 spiro atoms. The summed E-state index contributed by atoms with van der Waals surface area (Å²) in [5, 5.41) is 19.4. The van der Waals surface area contributed by atoms with Gasteiger partial charge in [0, 0.05) is 50.6 Å². The Kier molecular flexibility index (Phi) is 10.6. The molecule has 2 aromatic heterocycles. The number of carbonyl (C=O) groups excluding carboxylic acids is 1. The van der Waals surface area contributed by atoms with Crippen LogP contribution in [0.5, 0.6) is 11.5 Å². The molecule has 14 nitrogen and oxygen atoms in total. The van der Waals surface area contributed by atoms with E-state index in [9.17, 15) is 9.59 Å². The van der Waals surface area contributed by atoms with Crippen molar-refractivity contribution in [2.24, 2.45) is 5.73 Å². The number of hydrogen-bond acceptors (Lipinski definition) is 9. The zero-order chi connectivity index (χ0) is 31.7. The molecule has 4 aromatic rings. The Morgan fingerprint density at radius 2 is 1.81 bits per heavy atom. The fourth-order valence-corrected chi connectivity index (χ4v) is 3.78. The number of nitrogen functional groups attached to an aromatic ring is 1. The number of nitrogens with one attached hydrogen (secondary N) is 2. The largest absolute Gasteiger partial charge is 0.497 e. The highest BCUT2D eigenvalue weighted by atomic mass is 19.1. The summed E-state index contributed by atoms with van der Waals surface area (Å²) in [6.07, 6.45) is 3.13. The van der Waals surface area contributed by atoms with Crippen molar-refractivity contribution in [3.05, 3.63) is 93.7 Å². The van der Waals surface area contributed by atoms with Crippen molar-refractivity contribution < 1.29 is 28.6 Å². The van der Waals surface area contributed by atoms with Crippen molar-refractivity contribution in [3.63, 3.8) is 0 Å². The molecule has 1 unspecified atom stereocenters. The van der Waals surface area contributed by atoms with Crippen molar-refractivity contribution in [1.82, 2.24) is 29.6 Å². The standard InChI is InChI=1S/C26H27FN8O4.C2H4O2/c1-34(2)21(36)14-39-20-13-17(38-3)12-18(22(20)27)19(11-15-5-7-16(8-6-15)23(28)29)24-32-26(37)35(33-24)25-30-9-4-10-31-25;1-2(3)4/h4-10,12-13,19H,11,14H2,1-3H3,(H3,28,29)(H,32,33,37);1H3,(H,3,4). The molecule has 4 rings (SSSR count). The van der Waals surface area contributed by atoms with E-state index in [-0.39, 0.29) is 53.6 Å². The van der Waals surface area contributed by atoms with E-state index in [1.165, 1.54) is 36.5 Å². The van der Waals surface area contributed by atoms with Gasteiger partial charge in [-0.2, -0.15) is 0 Å². The van der Waals surface area contributed by atoms with Gasteiger partial charge in [0.25, 0.3) is 17.8 Å². The lowest BCUT2D eigenvalue weighted by atomic mass is 9.90. The number of likely N-dealkylation sites (N-methyl/N-ethyl adjacent to an activating group) is 1. The first kappa shape index (κ1) is 31.9. The second-order valence-corrected chi connectivity index (χ2v) is 9.27. The molecule has 0 aliphatic rings. The van der Waals surface area contributed by atoms with Crippen molar-refractivity contribution in [1.29, 1.82) is 5.41 Å². The Morgan fingerprint density at radius 1 is 1.19 bits per heavy atom. The third-order valence-electron chi connectivity index (χ3n) is 5.91. The molecule has 1 amide bonds. The number of carbonyl (C=O) groups is 2. The van der Waals surface area contributed by atoms with E-state index in [1.807, 2.05) is 0 Å². The number of amidine groups is 1. The fraction of sp³-hybridized carbons (Fsp3) is 0.250. The maximum atomic E-state index is 16.0. The van der Waals surface area contributed by atoms with Gasteiger partial charge in [0.2, 0.25) is 0 Å². The summed E-state index contributed by atoms with van der Waals surface area (Å²) in [5.41, 5.74) is 6.37. The van der Waals surface area contributed by atoms with Gasteiger partial charge in [-0.15, -0.1) is 9.78 Å². The molecule has 5 N–H and O–H groups in total. The van der Waals surface area contributed by atoms with E-state index in [2.05, 4.69) is 20.1 Å². The number of nitrogens with zero attached hydrogens (tertiary/aromatic N) is 5. The molecule has 1 atom stereocenters. The number of amides is 1. The van der Waals surface area contributed by atoms with Crippen LogP contribution in [0.4, 0.5) is 4.39 Å². The van der Waals surface area contributed by atoms with Crippen LogP contribution in [0.1, 0.15) is 35.4 Å². The first-order chi connectivity index (χ1) is 20.4. The normalized spacial score (nSPS) is 11.1. The summed E-state index contributed by atoms with van der Waals surface area (Å²) >= 11 is 0. The summed E-state index contributed by atoms with van der Waals surface area (Å²) in [5.74, 6) is -2.55. The third-order valence-corrected chi connectivity index (χ3v) is 5.91. The first-order valence-electron chi connectivity index (χ1n) is 12.7. The number of ether oxygens (including phenoxy) is 2. The topological polar surface area (TPSA) is 202 Å². The van der Waals surface area contributed by atoms with Gasteiger partial charge in [0.15, 0.2) is 18.2 Å². The molecule has 0 radical (unpaired) electrons. The molecule has 2 heterocycles. The summed E-state index contributed by atoms with van der Waals surface area (Å²) in [4.78, 5) is 46.0. The van der Waals surface area contributed by atoms with Crippen molar-refractivity contribution in [2.75, 3.05) is 27.8 Å². The highest BCUT2D eigenvalue weighted by molar-refractivity contribution is 5.94. The quantitative estimate of drug-likeness (QED) is 0.155. The Balaban J connectivity index is 0.00000119. The van der Waals surface area contributed by atoms with E-state index < -0.39 is 23.4 Å². The summed E-state index contributed by atoms with van der Waals surface area (Å²) < 4.78 is 27.9. The lowest BCUT2D eigenvalue weighted by Crippen LogP contribution is -2.27. The van der Waals surface area contributed by atoms with Crippen LogP contribution in [0.15, 0.2) is 59.7 Å². The third kappa shape index (κ3) is 8.45. The van der Waals surface area contributed by atoms with Crippen LogP contribution >= 0.6 is 0 Å². The number of aromatic nitrogens is 5. The van der Waals surface area contributed by atoms with E-state index in [4.69, 9.17) is 30.5 Å². The van der Waals surface area contributed by atoms with Gasteiger partial charge >= 0.3 is 5.69 Å². The number of halogens is 1. The number of rotatable bonds is 10. The summed E-state index contributed by atoms with van der Waals surface area (Å²) in [7, 11) is 4.55. The van der Waals surface area contributed by atoms with Crippen LogP contribution in [0, 0.1) is 11.2 Å². The van der Waals surface area contributed by atoms with E-state index in [0.29, 0.717) is 5.56 Å². The van der Waals surface area contributed by atoms with Crippen LogP contribution in [0.25, 0.3) is 5.95 Å². The zero-order valence-corrected chi connectivity index (χ0v) is 23.9.